The number of rotatable bonds is 0. The Morgan fingerprint density at radius 1 is 0.257 bits per heavy atom. The third kappa shape index (κ3) is 1.33. The maximum atomic E-state index is 2.81. The van der Waals surface area contributed by atoms with Crippen LogP contribution in [0.25, 0.3) is 0 Å². The number of hydrogen-bond acceptors (Lipinski definition) is 0. The monoisotopic (exact) mass is 480 g/mol. The lowest BCUT2D eigenvalue weighted by atomic mass is 9.27. The van der Waals surface area contributed by atoms with Gasteiger partial charge >= 0.3 is 0 Å². The van der Waals surface area contributed by atoms with E-state index >= 15 is 0 Å². The quantitative estimate of drug-likeness (QED) is 0.239. The molecule has 0 heterocycles. The van der Waals surface area contributed by atoms with Gasteiger partial charge in [0.15, 0.2) is 0 Å². The molecular weight excluding hydrogens is 420 g/mol. The fourth-order valence-electron chi connectivity index (χ4n) is 16.7. The Kier molecular flexibility index (Phi) is 3.88. The van der Waals surface area contributed by atoms with E-state index in [-0.39, 0.29) is 70.4 Å². The lowest BCUT2D eigenvalue weighted by Gasteiger charge is -2.76. The molecule has 0 radical (unpaired) electrons. The summed E-state index contributed by atoms with van der Waals surface area (Å²) in [5.41, 5.74) is 5.61. The second kappa shape index (κ2) is 5.16. The Balaban J connectivity index is 2.13. The highest BCUT2D eigenvalue weighted by Crippen LogP contribution is 3.10. The fourth-order valence-corrected chi connectivity index (χ4v) is 16.7. The number of hydrogen-bond donors (Lipinski definition) is 0. The molecule has 0 amide bonds. The first-order chi connectivity index (χ1) is 15.1. The number of fused-ring (bicyclic) bond motifs is 12. The van der Waals surface area contributed by atoms with E-state index in [1.165, 1.54) is 0 Å². The van der Waals surface area contributed by atoms with Crippen molar-refractivity contribution in [3.05, 3.63) is 11.1 Å². The minimum Gasteiger partial charge on any atom is -0.0667 e. The van der Waals surface area contributed by atoms with Crippen LogP contribution in [0.3, 0.4) is 0 Å². The zero-order valence-electron chi connectivity index (χ0n) is 27.5. The summed E-state index contributed by atoms with van der Waals surface area (Å²) in [6.45, 7) is 54.0. The molecule has 4 fully saturated rings. The average molecular weight is 481 g/mol. The van der Waals surface area contributed by atoms with E-state index in [1.807, 2.05) is 0 Å². The van der Waals surface area contributed by atoms with Crippen LogP contribution in [0.15, 0.2) is 11.1 Å². The lowest BCUT2D eigenvalue weighted by molar-refractivity contribution is -0.277. The summed E-state index contributed by atoms with van der Waals surface area (Å²) < 4.78 is 0. The van der Waals surface area contributed by atoms with Crippen molar-refractivity contribution in [3.8, 4) is 0 Å². The zero-order valence-corrected chi connectivity index (χ0v) is 27.5. The normalized spacial score (nSPS) is 61.4. The molecule has 0 saturated heterocycles. The first kappa shape index (κ1) is 26.4. The molecule has 0 spiro atoms. The predicted molar refractivity (Wildman–Crippen MR) is 152 cm³/mol. The summed E-state index contributed by atoms with van der Waals surface area (Å²) in [4.78, 5) is 0. The van der Waals surface area contributed by atoms with Gasteiger partial charge in [0.1, 0.15) is 0 Å². The van der Waals surface area contributed by atoms with Gasteiger partial charge in [-0.1, -0.05) is 136 Å². The lowest BCUT2D eigenvalue weighted by Crippen LogP contribution is -2.72. The molecule has 8 atom stereocenters. The fraction of sp³-hybridized carbons (Fsp3) is 0.943. The third-order valence-electron chi connectivity index (χ3n) is 20.7. The van der Waals surface area contributed by atoms with E-state index in [2.05, 4.69) is 138 Å². The second-order valence-corrected chi connectivity index (χ2v) is 18.4. The Labute approximate surface area is 219 Å². The molecular formula is C35H60. The summed E-state index contributed by atoms with van der Waals surface area (Å²) in [6.07, 6.45) is 0. The highest BCUT2D eigenvalue weighted by atomic mass is 15.1. The van der Waals surface area contributed by atoms with Gasteiger partial charge in [-0.3, -0.25) is 0 Å². The molecule has 4 saturated carbocycles. The third-order valence-corrected chi connectivity index (χ3v) is 20.7. The van der Waals surface area contributed by atoms with E-state index < -0.39 is 0 Å². The highest BCUT2D eigenvalue weighted by molar-refractivity contribution is 5.59. The van der Waals surface area contributed by atoms with Crippen molar-refractivity contribution < 1.29 is 0 Å². The van der Waals surface area contributed by atoms with E-state index in [4.69, 9.17) is 0 Å². The maximum Gasteiger partial charge on any atom is 0.000833 e. The zero-order chi connectivity index (χ0) is 27.7. The van der Waals surface area contributed by atoms with Crippen LogP contribution in [0.1, 0.15) is 138 Å². The molecule has 5 rings (SSSR count). The van der Waals surface area contributed by atoms with Crippen LogP contribution in [-0.4, -0.2) is 0 Å². The molecule has 8 unspecified atom stereocenters. The molecule has 0 aromatic carbocycles. The largest absolute Gasteiger partial charge is 0.0667 e. The topological polar surface area (TPSA) is 0 Å². The van der Waals surface area contributed by atoms with Gasteiger partial charge in [-0.25, -0.2) is 0 Å². The standard InChI is InChI=1S/C35H60/c1-21-22(2)29(14)26(9,10)28(21,13)34(19)32(17)27(11,12)33(18,35(29,34)20)31(16)25(7,8)23(3,4)24(5,6)30(31,32)15/h1-20H3. The molecule has 35 heavy (non-hydrogen) atoms. The molecule has 5 aliphatic carbocycles. The second-order valence-electron chi connectivity index (χ2n) is 18.4. The minimum absolute atomic E-state index is 0.144. The van der Waals surface area contributed by atoms with E-state index in [1.54, 1.807) is 11.1 Å². The molecule has 200 valence electrons. The van der Waals surface area contributed by atoms with Crippen LogP contribution in [0, 0.1) is 70.4 Å². The minimum atomic E-state index is 0.144. The van der Waals surface area contributed by atoms with Gasteiger partial charge in [-0.15, -0.1) is 0 Å². The van der Waals surface area contributed by atoms with Crippen molar-refractivity contribution in [3.63, 3.8) is 0 Å². The molecule has 4 bridgehead atoms. The first-order valence-electron chi connectivity index (χ1n) is 14.8. The average Bonchev–Trinajstić information content (AvgIpc) is 3.01. The molecule has 0 nitrogen and oxygen atoms in total. The van der Waals surface area contributed by atoms with Gasteiger partial charge in [0.05, 0.1) is 0 Å². The first-order valence-corrected chi connectivity index (χ1v) is 14.8. The molecule has 0 N–H and O–H groups in total. The molecule has 0 aromatic heterocycles. The molecule has 0 heteroatoms. The molecule has 0 aliphatic heterocycles. The van der Waals surface area contributed by atoms with Crippen molar-refractivity contribution in [1.29, 1.82) is 0 Å². The summed E-state index contributed by atoms with van der Waals surface area (Å²) in [7, 11) is 0. The summed E-state index contributed by atoms with van der Waals surface area (Å²) >= 11 is 0. The van der Waals surface area contributed by atoms with E-state index in [0.717, 1.165) is 0 Å². The van der Waals surface area contributed by atoms with Crippen LogP contribution in [0.4, 0.5) is 0 Å². The smallest absolute Gasteiger partial charge is 0.000833 e. The Bertz CT molecular complexity index is 1040. The Morgan fingerprint density at radius 3 is 0.743 bits per heavy atom. The van der Waals surface area contributed by atoms with Crippen LogP contribution in [0.2, 0.25) is 0 Å². The summed E-state index contributed by atoms with van der Waals surface area (Å²) in [6, 6.07) is 0. The van der Waals surface area contributed by atoms with Gasteiger partial charge in [0, 0.05) is 10.8 Å². The summed E-state index contributed by atoms with van der Waals surface area (Å²) in [5, 5.41) is 0. The molecule has 0 aromatic rings. The van der Waals surface area contributed by atoms with Crippen LogP contribution in [-0.2, 0) is 0 Å². The van der Waals surface area contributed by atoms with E-state index in [9.17, 15) is 0 Å². The van der Waals surface area contributed by atoms with Crippen molar-refractivity contribution >= 4 is 0 Å². The Morgan fingerprint density at radius 2 is 0.486 bits per heavy atom. The van der Waals surface area contributed by atoms with Crippen molar-refractivity contribution in [2.24, 2.45) is 70.4 Å². The van der Waals surface area contributed by atoms with Crippen LogP contribution >= 0.6 is 0 Å². The van der Waals surface area contributed by atoms with Crippen molar-refractivity contribution in [2.45, 2.75) is 138 Å². The van der Waals surface area contributed by atoms with Gasteiger partial charge in [-0.2, -0.15) is 0 Å². The van der Waals surface area contributed by atoms with Gasteiger partial charge in [0.2, 0.25) is 0 Å². The maximum absolute atomic E-state index is 2.81. The van der Waals surface area contributed by atoms with Crippen LogP contribution in [0.5, 0.6) is 0 Å². The summed E-state index contributed by atoms with van der Waals surface area (Å²) in [5.74, 6) is 0. The Hall–Kier alpha value is -0.260. The molecule has 5 aliphatic rings. The predicted octanol–water partition coefficient (Wildman–Crippen LogP) is 10.6. The highest BCUT2D eigenvalue weighted by Gasteiger charge is 3.06. The number of allylic oxidation sites excluding steroid dienone is 2. The van der Waals surface area contributed by atoms with Gasteiger partial charge < -0.3 is 0 Å². The van der Waals surface area contributed by atoms with Gasteiger partial charge in [0.25, 0.3) is 0 Å². The van der Waals surface area contributed by atoms with Gasteiger partial charge in [-0.05, 0) is 73.4 Å². The SMILES string of the molecule is CC1=C(C)C2(C)C(C)(C)C1(C)C1(C)C3(C)C(C)(C)C(C)(C4(C)C(C)(C)C(C)(C)C(C)(C)C43C)C21C. The van der Waals surface area contributed by atoms with Crippen molar-refractivity contribution in [1.82, 2.24) is 0 Å². The van der Waals surface area contributed by atoms with Crippen molar-refractivity contribution in [2.75, 3.05) is 0 Å². The van der Waals surface area contributed by atoms with Crippen LogP contribution < -0.4 is 0 Å². The van der Waals surface area contributed by atoms with E-state index in [0.29, 0.717) is 0 Å².